The SMILES string of the molecule is COc1cccc(CCNc2cnnc(NCc3ccccc3C)n2)c1. The molecule has 2 N–H and O–H groups in total. The summed E-state index contributed by atoms with van der Waals surface area (Å²) < 4.78 is 5.25. The second-order valence-corrected chi connectivity index (χ2v) is 5.97. The molecule has 134 valence electrons. The van der Waals surface area contributed by atoms with Crippen LogP contribution in [-0.2, 0) is 13.0 Å². The molecule has 6 nitrogen and oxygen atoms in total. The van der Waals surface area contributed by atoms with E-state index in [1.54, 1.807) is 13.3 Å². The molecule has 0 atom stereocenters. The zero-order valence-corrected chi connectivity index (χ0v) is 15.1. The van der Waals surface area contributed by atoms with Gasteiger partial charge in [0.15, 0.2) is 5.82 Å². The van der Waals surface area contributed by atoms with E-state index in [2.05, 4.69) is 50.9 Å². The summed E-state index contributed by atoms with van der Waals surface area (Å²) in [5.74, 6) is 2.09. The highest BCUT2D eigenvalue weighted by molar-refractivity contribution is 5.38. The molecule has 2 aromatic carbocycles. The van der Waals surface area contributed by atoms with E-state index in [9.17, 15) is 0 Å². The Bertz CT molecular complexity index is 853. The molecule has 0 saturated carbocycles. The normalized spacial score (nSPS) is 10.4. The number of aryl methyl sites for hydroxylation is 1. The molecule has 0 amide bonds. The maximum absolute atomic E-state index is 5.25. The lowest BCUT2D eigenvalue weighted by atomic mass is 10.1. The first-order valence-corrected chi connectivity index (χ1v) is 8.59. The van der Waals surface area contributed by atoms with Crippen LogP contribution in [0.3, 0.4) is 0 Å². The van der Waals surface area contributed by atoms with E-state index < -0.39 is 0 Å². The largest absolute Gasteiger partial charge is 0.497 e. The number of hydrogen-bond acceptors (Lipinski definition) is 6. The van der Waals surface area contributed by atoms with E-state index in [-0.39, 0.29) is 0 Å². The summed E-state index contributed by atoms with van der Waals surface area (Å²) in [6.07, 6.45) is 2.50. The molecule has 0 aliphatic heterocycles. The number of aromatic nitrogens is 3. The number of methoxy groups -OCH3 is 1. The summed E-state index contributed by atoms with van der Waals surface area (Å²) in [5, 5.41) is 14.6. The summed E-state index contributed by atoms with van der Waals surface area (Å²) >= 11 is 0. The fourth-order valence-corrected chi connectivity index (χ4v) is 2.61. The fourth-order valence-electron chi connectivity index (χ4n) is 2.61. The monoisotopic (exact) mass is 349 g/mol. The second kappa shape index (κ2) is 8.80. The van der Waals surface area contributed by atoms with Crippen LogP contribution in [0.1, 0.15) is 16.7 Å². The third-order valence-electron chi connectivity index (χ3n) is 4.11. The summed E-state index contributed by atoms with van der Waals surface area (Å²) in [4.78, 5) is 4.46. The number of hydrogen-bond donors (Lipinski definition) is 2. The first kappa shape index (κ1) is 17.7. The lowest BCUT2D eigenvalue weighted by Gasteiger charge is -2.09. The van der Waals surface area contributed by atoms with Crippen molar-refractivity contribution in [2.45, 2.75) is 19.9 Å². The molecule has 0 aliphatic rings. The average molecular weight is 349 g/mol. The van der Waals surface area contributed by atoms with Crippen LogP contribution in [0.4, 0.5) is 11.8 Å². The quantitative estimate of drug-likeness (QED) is 0.649. The van der Waals surface area contributed by atoms with Crippen molar-refractivity contribution in [2.24, 2.45) is 0 Å². The molecular formula is C20H23N5O. The Balaban J connectivity index is 1.53. The van der Waals surface area contributed by atoms with Gasteiger partial charge in [0.2, 0.25) is 5.95 Å². The first-order valence-electron chi connectivity index (χ1n) is 8.59. The highest BCUT2D eigenvalue weighted by Gasteiger charge is 2.03. The van der Waals surface area contributed by atoms with E-state index >= 15 is 0 Å². The van der Waals surface area contributed by atoms with E-state index in [1.165, 1.54) is 16.7 Å². The molecule has 0 spiro atoms. The molecule has 0 bridgehead atoms. The van der Waals surface area contributed by atoms with Gasteiger partial charge in [-0.25, -0.2) is 0 Å². The van der Waals surface area contributed by atoms with Crippen molar-refractivity contribution in [3.63, 3.8) is 0 Å². The Morgan fingerprint density at radius 3 is 2.77 bits per heavy atom. The topological polar surface area (TPSA) is 72.0 Å². The lowest BCUT2D eigenvalue weighted by molar-refractivity contribution is 0.414. The molecule has 6 heteroatoms. The van der Waals surface area contributed by atoms with Crippen LogP contribution in [0.25, 0.3) is 0 Å². The molecule has 1 aromatic heterocycles. The smallest absolute Gasteiger partial charge is 0.244 e. The fraction of sp³-hybridized carbons (Fsp3) is 0.250. The van der Waals surface area contributed by atoms with Crippen LogP contribution in [-0.4, -0.2) is 28.8 Å². The van der Waals surface area contributed by atoms with Crippen LogP contribution in [0.15, 0.2) is 54.7 Å². The third-order valence-corrected chi connectivity index (χ3v) is 4.11. The molecular weight excluding hydrogens is 326 g/mol. The summed E-state index contributed by atoms with van der Waals surface area (Å²) in [7, 11) is 1.68. The number of nitrogens with one attached hydrogen (secondary N) is 2. The summed E-state index contributed by atoms with van der Waals surface area (Å²) in [6, 6.07) is 16.3. The highest BCUT2D eigenvalue weighted by Crippen LogP contribution is 2.13. The van der Waals surface area contributed by atoms with Crippen molar-refractivity contribution >= 4 is 11.8 Å². The summed E-state index contributed by atoms with van der Waals surface area (Å²) in [5.41, 5.74) is 3.66. The number of anilines is 2. The van der Waals surface area contributed by atoms with Gasteiger partial charge in [-0.15, -0.1) is 5.10 Å². The van der Waals surface area contributed by atoms with Gasteiger partial charge in [-0.2, -0.15) is 10.1 Å². The standard InChI is InChI=1S/C20H23N5O/c1-15-6-3-4-8-17(15)13-22-20-24-19(14-23-25-20)21-11-10-16-7-5-9-18(12-16)26-2/h3-9,12,14H,10-11,13H2,1-2H3,(H2,21,22,24,25). The predicted octanol–water partition coefficient (Wildman–Crippen LogP) is 3.46. The second-order valence-electron chi connectivity index (χ2n) is 5.97. The molecule has 3 aromatic rings. The molecule has 0 fully saturated rings. The van der Waals surface area contributed by atoms with Crippen molar-refractivity contribution in [2.75, 3.05) is 24.3 Å². The highest BCUT2D eigenvalue weighted by atomic mass is 16.5. The summed E-state index contributed by atoms with van der Waals surface area (Å²) in [6.45, 7) is 3.51. The number of rotatable bonds is 8. The molecule has 0 unspecified atom stereocenters. The Kier molecular flexibility index (Phi) is 5.98. The van der Waals surface area contributed by atoms with E-state index in [0.717, 1.165) is 18.7 Å². The lowest BCUT2D eigenvalue weighted by Crippen LogP contribution is -2.10. The minimum atomic E-state index is 0.514. The maximum Gasteiger partial charge on any atom is 0.244 e. The van der Waals surface area contributed by atoms with Gasteiger partial charge in [-0.05, 0) is 42.2 Å². The molecule has 0 radical (unpaired) electrons. The van der Waals surface area contributed by atoms with Crippen molar-refractivity contribution in [1.82, 2.24) is 15.2 Å². The van der Waals surface area contributed by atoms with Gasteiger partial charge in [-0.3, -0.25) is 0 Å². The van der Waals surface area contributed by atoms with Crippen LogP contribution in [0.2, 0.25) is 0 Å². The average Bonchev–Trinajstić information content (AvgIpc) is 2.68. The molecule has 3 rings (SSSR count). The van der Waals surface area contributed by atoms with Crippen molar-refractivity contribution < 1.29 is 4.74 Å². The van der Waals surface area contributed by atoms with Crippen LogP contribution in [0, 0.1) is 6.92 Å². The van der Waals surface area contributed by atoms with Crippen LogP contribution < -0.4 is 15.4 Å². The van der Waals surface area contributed by atoms with Crippen molar-refractivity contribution in [1.29, 1.82) is 0 Å². The Morgan fingerprint density at radius 1 is 1.04 bits per heavy atom. The van der Waals surface area contributed by atoms with Gasteiger partial charge >= 0.3 is 0 Å². The van der Waals surface area contributed by atoms with E-state index in [1.807, 2.05) is 30.3 Å². The zero-order chi connectivity index (χ0) is 18.2. The van der Waals surface area contributed by atoms with Crippen LogP contribution in [0.5, 0.6) is 5.75 Å². The van der Waals surface area contributed by atoms with Gasteiger partial charge < -0.3 is 15.4 Å². The van der Waals surface area contributed by atoms with Gasteiger partial charge in [0, 0.05) is 13.1 Å². The molecule has 0 aliphatic carbocycles. The predicted molar refractivity (Wildman–Crippen MR) is 104 cm³/mol. The number of nitrogens with zero attached hydrogens (tertiary/aromatic N) is 3. The van der Waals surface area contributed by atoms with Gasteiger partial charge in [-0.1, -0.05) is 36.4 Å². The van der Waals surface area contributed by atoms with E-state index in [0.29, 0.717) is 18.3 Å². The Morgan fingerprint density at radius 2 is 1.92 bits per heavy atom. The van der Waals surface area contributed by atoms with Crippen LogP contribution >= 0.6 is 0 Å². The van der Waals surface area contributed by atoms with Crippen molar-refractivity contribution in [3.8, 4) is 5.75 Å². The first-order chi connectivity index (χ1) is 12.7. The third kappa shape index (κ3) is 4.92. The molecule has 0 saturated heterocycles. The van der Waals surface area contributed by atoms with Gasteiger partial charge in [0.25, 0.3) is 0 Å². The Hall–Kier alpha value is -3.15. The minimum absolute atomic E-state index is 0.514. The van der Waals surface area contributed by atoms with Gasteiger partial charge in [0.1, 0.15) is 5.75 Å². The molecule has 26 heavy (non-hydrogen) atoms. The number of ether oxygens (including phenoxy) is 1. The van der Waals surface area contributed by atoms with Crippen molar-refractivity contribution in [3.05, 3.63) is 71.4 Å². The number of benzene rings is 2. The molecule has 1 heterocycles. The van der Waals surface area contributed by atoms with Gasteiger partial charge in [0.05, 0.1) is 13.3 Å². The minimum Gasteiger partial charge on any atom is -0.497 e. The Labute approximate surface area is 153 Å². The maximum atomic E-state index is 5.25. The zero-order valence-electron chi connectivity index (χ0n) is 15.1. The van der Waals surface area contributed by atoms with E-state index in [4.69, 9.17) is 4.74 Å².